The highest BCUT2D eigenvalue weighted by atomic mass is 19.3. The normalized spacial score (nSPS) is 10.0. The molecule has 1 aromatic rings. The summed E-state index contributed by atoms with van der Waals surface area (Å²) >= 11 is 0. The van der Waals surface area contributed by atoms with Gasteiger partial charge in [-0.05, 0) is 0 Å². The number of rotatable bonds is 2. The first-order valence-electron chi connectivity index (χ1n) is 3.69. The lowest BCUT2D eigenvalue weighted by Crippen LogP contribution is -2.14. The smallest absolute Gasteiger partial charge is 0.271 e. The Bertz CT molecular complexity index is 454. The number of primary amides is 1. The van der Waals surface area contributed by atoms with Crippen LogP contribution in [0.15, 0.2) is 6.20 Å². The molecule has 0 aromatic carbocycles. The first-order valence-corrected chi connectivity index (χ1v) is 3.69. The number of nitrogens with zero attached hydrogens (tertiary/aromatic N) is 2. The Morgan fingerprint density at radius 3 is 2.67 bits per heavy atom. The van der Waals surface area contributed by atoms with Gasteiger partial charge in [-0.3, -0.25) is 4.79 Å². The van der Waals surface area contributed by atoms with Gasteiger partial charge in [0, 0.05) is 6.20 Å². The molecular formula is C8H5F2N3O2. The van der Waals surface area contributed by atoms with Crippen molar-refractivity contribution in [3.63, 3.8) is 0 Å². The maximum absolute atomic E-state index is 12.3. The fraction of sp³-hybridized carbons (Fsp3) is 0.125. The number of carbonyl (C=O) groups excluding carboxylic acids is 1. The van der Waals surface area contributed by atoms with Gasteiger partial charge in [-0.25, -0.2) is 13.8 Å². The zero-order chi connectivity index (χ0) is 11.6. The van der Waals surface area contributed by atoms with Crippen LogP contribution in [0.1, 0.15) is 28.0 Å². The molecule has 0 spiro atoms. The number of carbonyl (C=O) groups is 1. The number of nitriles is 1. The molecule has 0 aliphatic rings. The van der Waals surface area contributed by atoms with E-state index in [1.54, 1.807) is 0 Å². The second-order valence-corrected chi connectivity index (χ2v) is 2.56. The van der Waals surface area contributed by atoms with Crippen molar-refractivity contribution in [2.24, 2.45) is 5.73 Å². The Morgan fingerprint density at radius 1 is 1.67 bits per heavy atom. The summed E-state index contributed by atoms with van der Waals surface area (Å²) in [6.07, 6.45) is -2.32. The summed E-state index contributed by atoms with van der Waals surface area (Å²) in [7, 11) is 0. The van der Waals surface area contributed by atoms with Crippen LogP contribution < -0.4 is 5.73 Å². The molecule has 1 rings (SSSR count). The zero-order valence-electron chi connectivity index (χ0n) is 7.24. The van der Waals surface area contributed by atoms with Crippen molar-refractivity contribution >= 4 is 5.91 Å². The molecule has 1 aromatic heterocycles. The molecule has 5 nitrogen and oxygen atoms in total. The number of pyridine rings is 1. The van der Waals surface area contributed by atoms with Gasteiger partial charge in [0.05, 0.1) is 5.56 Å². The minimum Gasteiger partial charge on any atom is -0.504 e. The van der Waals surface area contributed by atoms with Crippen LogP contribution in [0.3, 0.4) is 0 Å². The molecule has 0 saturated carbocycles. The van der Waals surface area contributed by atoms with Gasteiger partial charge < -0.3 is 10.8 Å². The predicted octanol–water partition coefficient (Wildman–Crippen LogP) is 0.695. The molecule has 0 unspecified atom stereocenters. The Morgan fingerprint density at radius 2 is 2.27 bits per heavy atom. The average Bonchev–Trinajstić information content (AvgIpc) is 2.16. The Hall–Kier alpha value is -2.23. The minimum atomic E-state index is -2.96. The molecule has 0 aliphatic carbocycles. The monoisotopic (exact) mass is 213 g/mol. The van der Waals surface area contributed by atoms with Crippen molar-refractivity contribution in [2.75, 3.05) is 0 Å². The van der Waals surface area contributed by atoms with Crippen LogP contribution in [-0.4, -0.2) is 16.0 Å². The Kier molecular flexibility index (Phi) is 2.80. The van der Waals surface area contributed by atoms with E-state index in [0.29, 0.717) is 6.20 Å². The van der Waals surface area contributed by atoms with Crippen LogP contribution in [0.2, 0.25) is 0 Å². The number of halogens is 2. The van der Waals surface area contributed by atoms with Crippen LogP contribution in [0.5, 0.6) is 5.75 Å². The number of aromatic hydroxyl groups is 1. The van der Waals surface area contributed by atoms with Crippen molar-refractivity contribution in [2.45, 2.75) is 6.43 Å². The molecule has 3 N–H and O–H groups in total. The van der Waals surface area contributed by atoms with Crippen LogP contribution in [-0.2, 0) is 0 Å². The van der Waals surface area contributed by atoms with E-state index in [1.165, 1.54) is 6.07 Å². The third kappa shape index (κ3) is 1.83. The third-order valence-corrected chi connectivity index (χ3v) is 1.66. The molecule has 78 valence electrons. The molecule has 0 aliphatic heterocycles. The van der Waals surface area contributed by atoms with E-state index >= 15 is 0 Å². The number of nitrogens with two attached hydrogens (primary N) is 1. The highest BCUT2D eigenvalue weighted by Crippen LogP contribution is 2.29. The van der Waals surface area contributed by atoms with E-state index in [-0.39, 0.29) is 0 Å². The van der Waals surface area contributed by atoms with Crippen molar-refractivity contribution in [1.29, 1.82) is 5.26 Å². The van der Waals surface area contributed by atoms with E-state index in [9.17, 15) is 18.7 Å². The average molecular weight is 213 g/mol. The molecule has 0 atom stereocenters. The molecular weight excluding hydrogens is 208 g/mol. The lowest BCUT2D eigenvalue weighted by atomic mass is 10.1. The van der Waals surface area contributed by atoms with E-state index in [4.69, 9.17) is 11.0 Å². The van der Waals surface area contributed by atoms with Crippen molar-refractivity contribution in [3.8, 4) is 11.8 Å². The van der Waals surface area contributed by atoms with E-state index < -0.39 is 34.9 Å². The van der Waals surface area contributed by atoms with Gasteiger partial charge in [0.15, 0.2) is 11.4 Å². The molecule has 1 heterocycles. The lowest BCUT2D eigenvalue weighted by molar-refractivity contribution is 0.0991. The largest absolute Gasteiger partial charge is 0.504 e. The standard InChI is InChI=1S/C8H5F2N3O2/c9-7(10)4-2-13-5(8(12)15)6(14)3(4)1-11/h2,7,14H,(H2,12,15). The number of alkyl halides is 2. The Labute approximate surface area is 82.8 Å². The van der Waals surface area contributed by atoms with E-state index in [1.807, 2.05) is 0 Å². The maximum atomic E-state index is 12.3. The van der Waals surface area contributed by atoms with Crippen LogP contribution in [0, 0.1) is 11.3 Å². The summed E-state index contributed by atoms with van der Waals surface area (Å²) in [6.45, 7) is 0. The van der Waals surface area contributed by atoms with Gasteiger partial charge in [0.2, 0.25) is 0 Å². The maximum Gasteiger partial charge on any atom is 0.271 e. The topological polar surface area (TPSA) is 100 Å². The summed E-state index contributed by atoms with van der Waals surface area (Å²) in [4.78, 5) is 13.9. The predicted molar refractivity (Wildman–Crippen MR) is 44.1 cm³/mol. The van der Waals surface area contributed by atoms with Crippen molar-refractivity contribution in [3.05, 3.63) is 23.0 Å². The SMILES string of the molecule is N#Cc1c(C(F)F)cnc(C(N)=O)c1O. The highest BCUT2D eigenvalue weighted by molar-refractivity contribution is 5.94. The van der Waals surface area contributed by atoms with Crippen molar-refractivity contribution in [1.82, 2.24) is 4.98 Å². The summed E-state index contributed by atoms with van der Waals surface area (Å²) in [6, 6.07) is 1.36. The summed E-state index contributed by atoms with van der Waals surface area (Å²) in [5.41, 5.74) is 2.78. The molecule has 0 bridgehead atoms. The third-order valence-electron chi connectivity index (χ3n) is 1.66. The van der Waals surface area contributed by atoms with Gasteiger partial charge in [0.1, 0.15) is 11.6 Å². The summed E-state index contributed by atoms with van der Waals surface area (Å²) < 4.78 is 24.6. The van der Waals surface area contributed by atoms with Gasteiger partial charge in [-0.2, -0.15) is 5.26 Å². The number of amides is 1. The second-order valence-electron chi connectivity index (χ2n) is 2.56. The fourth-order valence-electron chi connectivity index (χ4n) is 0.978. The highest BCUT2D eigenvalue weighted by Gasteiger charge is 2.22. The van der Waals surface area contributed by atoms with Gasteiger partial charge in [-0.15, -0.1) is 0 Å². The van der Waals surface area contributed by atoms with Gasteiger partial charge >= 0.3 is 0 Å². The molecule has 1 amide bonds. The number of hydrogen-bond acceptors (Lipinski definition) is 4. The molecule has 15 heavy (non-hydrogen) atoms. The molecule has 0 saturated heterocycles. The van der Waals surface area contributed by atoms with Crippen LogP contribution in [0.25, 0.3) is 0 Å². The van der Waals surface area contributed by atoms with E-state index in [0.717, 1.165) is 0 Å². The fourth-order valence-corrected chi connectivity index (χ4v) is 0.978. The van der Waals surface area contributed by atoms with Crippen molar-refractivity contribution < 1.29 is 18.7 Å². The number of aromatic nitrogens is 1. The van der Waals surface area contributed by atoms with Crippen LogP contribution in [0.4, 0.5) is 8.78 Å². The summed E-state index contributed by atoms with van der Waals surface area (Å²) in [5.74, 6) is -2.01. The summed E-state index contributed by atoms with van der Waals surface area (Å²) in [5, 5.41) is 17.8. The lowest BCUT2D eigenvalue weighted by Gasteiger charge is -2.06. The minimum absolute atomic E-state index is 0.601. The molecule has 0 fully saturated rings. The van der Waals surface area contributed by atoms with Gasteiger partial charge in [0.25, 0.3) is 12.3 Å². The Balaban J connectivity index is 3.48. The van der Waals surface area contributed by atoms with Gasteiger partial charge in [-0.1, -0.05) is 0 Å². The number of hydrogen-bond donors (Lipinski definition) is 2. The first kappa shape index (κ1) is 10.8. The zero-order valence-corrected chi connectivity index (χ0v) is 7.24. The molecule has 7 heteroatoms. The second kappa shape index (κ2) is 3.88. The quantitative estimate of drug-likeness (QED) is 0.754. The van der Waals surface area contributed by atoms with Crippen LogP contribution >= 0.6 is 0 Å². The van der Waals surface area contributed by atoms with E-state index in [2.05, 4.69) is 4.98 Å². The molecule has 0 radical (unpaired) electrons. The first-order chi connectivity index (χ1) is 6.99.